The van der Waals surface area contributed by atoms with Gasteiger partial charge in [0.2, 0.25) is 0 Å². The summed E-state index contributed by atoms with van der Waals surface area (Å²) >= 11 is 0. The molecule has 0 nitrogen and oxygen atoms in total. The van der Waals surface area contributed by atoms with E-state index in [1.54, 1.807) is 0 Å². The van der Waals surface area contributed by atoms with Crippen LogP contribution in [0, 0.1) is 17.3 Å². The van der Waals surface area contributed by atoms with Crippen LogP contribution in [-0.4, -0.2) is 0 Å². The van der Waals surface area contributed by atoms with Gasteiger partial charge in [0.15, 0.2) is 0 Å². The minimum atomic E-state index is 0.662. The topological polar surface area (TPSA) is 0 Å². The molecule has 0 bridgehead atoms. The molecule has 0 aliphatic heterocycles. The number of hydrogen-bond acceptors (Lipinski definition) is 0. The SMILES string of the molecule is CCCC(C)CCC(CCC)(CCC)CCC(C)CC. The molecule has 0 aliphatic rings. The summed E-state index contributed by atoms with van der Waals surface area (Å²) in [6.45, 7) is 14.3. The van der Waals surface area contributed by atoms with E-state index < -0.39 is 0 Å². The molecule has 0 saturated carbocycles. The van der Waals surface area contributed by atoms with Crippen molar-refractivity contribution in [3.05, 3.63) is 0 Å². The first-order chi connectivity index (χ1) is 9.53. The molecular formula is C20H42. The van der Waals surface area contributed by atoms with Crippen molar-refractivity contribution in [3.63, 3.8) is 0 Å². The van der Waals surface area contributed by atoms with Gasteiger partial charge in [0.05, 0.1) is 0 Å². The third-order valence-electron chi connectivity index (χ3n) is 5.37. The van der Waals surface area contributed by atoms with Crippen LogP contribution in [0.15, 0.2) is 0 Å². The van der Waals surface area contributed by atoms with Crippen LogP contribution in [-0.2, 0) is 0 Å². The monoisotopic (exact) mass is 282 g/mol. The van der Waals surface area contributed by atoms with E-state index in [1.165, 1.54) is 70.6 Å². The second-order valence-electron chi connectivity index (χ2n) is 7.48. The van der Waals surface area contributed by atoms with Gasteiger partial charge < -0.3 is 0 Å². The van der Waals surface area contributed by atoms with Crippen LogP contribution in [0.5, 0.6) is 0 Å². The first-order valence-electron chi connectivity index (χ1n) is 9.53. The van der Waals surface area contributed by atoms with Crippen LogP contribution >= 0.6 is 0 Å². The number of rotatable bonds is 13. The van der Waals surface area contributed by atoms with E-state index in [1.807, 2.05) is 0 Å². The lowest BCUT2D eigenvalue weighted by Crippen LogP contribution is -2.22. The summed E-state index contributed by atoms with van der Waals surface area (Å²) in [6.07, 6.45) is 15.6. The molecule has 0 radical (unpaired) electrons. The zero-order valence-electron chi connectivity index (χ0n) is 15.4. The Morgan fingerprint density at radius 3 is 1.50 bits per heavy atom. The second-order valence-corrected chi connectivity index (χ2v) is 7.48. The Morgan fingerprint density at radius 1 is 0.600 bits per heavy atom. The molecule has 0 aromatic carbocycles. The van der Waals surface area contributed by atoms with Gasteiger partial charge >= 0.3 is 0 Å². The van der Waals surface area contributed by atoms with Gasteiger partial charge in [-0.2, -0.15) is 0 Å². The molecule has 0 fully saturated rings. The second kappa shape index (κ2) is 11.6. The smallest absolute Gasteiger partial charge is 0.0297 e. The fraction of sp³-hybridized carbons (Fsp3) is 1.00. The van der Waals surface area contributed by atoms with Crippen molar-refractivity contribution in [2.24, 2.45) is 17.3 Å². The first-order valence-corrected chi connectivity index (χ1v) is 9.53. The highest BCUT2D eigenvalue weighted by molar-refractivity contribution is 4.80. The van der Waals surface area contributed by atoms with E-state index in [9.17, 15) is 0 Å². The minimum absolute atomic E-state index is 0.662. The summed E-state index contributed by atoms with van der Waals surface area (Å²) < 4.78 is 0. The summed E-state index contributed by atoms with van der Waals surface area (Å²) in [5.41, 5.74) is 0.662. The maximum atomic E-state index is 2.46. The molecule has 122 valence electrons. The molecule has 0 aromatic heterocycles. The van der Waals surface area contributed by atoms with E-state index in [0.29, 0.717) is 5.41 Å². The van der Waals surface area contributed by atoms with Crippen molar-refractivity contribution in [1.29, 1.82) is 0 Å². The largest absolute Gasteiger partial charge is 0.0654 e. The van der Waals surface area contributed by atoms with Crippen LogP contribution < -0.4 is 0 Å². The average Bonchev–Trinajstić information content (AvgIpc) is 2.43. The lowest BCUT2D eigenvalue weighted by atomic mass is 9.70. The van der Waals surface area contributed by atoms with Crippen LogP contribution in [0.25, 0.3) is 0 Å². The Kier molecular flexibility index (Phi) is 11.6. The molecule has 0 spiro atoms. The standard InChI is InChI=1S/C20H42/c1-7-11-19(6)13-17-20(14-8-2,15-9-3)16-12-18(5)10-4/h18-19H,7-17H2,1-6H3. The van der Waals surface area contributed by atoms with E-state index in [0.717, 1.165) is 11.8 Å². The van der Waals surface area contributed by atoms with Crippen LogP contribution in [0.4, 0.5) is 0 Å². The van der Waals surface area contributed by atoms with Crippen LogP contribution in [0.2, 0.25) is 0 Å². The molecule has 20 heavy (non-hydrogen) atoms. The molecule has 0 saturated heterocycles. The predicted octanol–water partition coefficient (Wildman–Crippen LogP) is 7.62. The molecule has 2 atom stereocenters. The highest BCUT2D eigenvalue weighted by Crippen LogP contribution is 2.42. The van der Waals surface area contributed by atoms with Crippen molar-refractivity contribution < 1.29 is 0 Å². The maximum absolute atomic E-state index is 2.46. The fourth-order valence-corrected chi connectivity index (χ4v) is 3.76. The van der Waals surface area contributed by atoms with Gasteiger partial charge in [0.1, 0.15) is 0 Å². The van der Waals surface area contributed by atoms with Gasteiger partial charge in [-0.3, -0.25) is 0 Å². The molecular weight excluding hydrogens is 240 g/mol. The van der Waals surface area contributed by atoms with Gasteiger partial charge in [0.25, 0.3) is 0 Å². The van der Waals surface area contributed by atoms with E-state index >= 15 is 0 Å². The average molecular weight is 283 g/mol. The molecule has 0 amide bonds. The first kappa shape index (κ1) is 20.0. The van der Waals surface area contributed by atoms with Crippen molar-refractivity contribution >= 4 is 0 Å². The van der Waals surface area contributed by atoms with Gasteiger partial charge in [0, 0.05) is 0 Å². The Morgan fingerprint density at radius 2 is 1.10 bits per heavy atom. The molecule has 0 aliphatic carbocycles. The van der Waals surface area contributed by atoms with Gasteiger partial charge in [-0.15, -0.1) is 0 Å². The highest BCUT2D eigenvalue weighted by Gasteiger charge is 2.28. The molecule has 2 unspecified atom stereocenters. The quantitative estimate of drug-likeness (QED) is 0.326. The van der Waals surface area contributed by atoms with Crippen LogP contribution in [0.3, 0.4) is 0 Å². The summed E-state index contributed by atoms with van der Waals surface area (Å²) in [5, 5.41) is 0. The molecule has 0 N–H and O–H groups in total. The third-order valence-corrected chi connectivity index (χ3v) is 5.37. The summed E-state index contributed by atoms with van der Waals surface area (Å²) in [6, 6.07) is 0. The Labute approximate surface area is 130 Å². The summed E-state index contributed by atoms with van der Waals surface area (Å²) in [5.74, 6) is 1.84. The Bertz CT molecular complexity index is 200. The third kappa shape index (κ3) is 8.32. The van der Waals surface area contributed by atoms with E-state index in [2.05, 4.69) is 41.5 Å². The van der Waals surface area contributed by atoms with Crippen molar-refractivity contribution in [2.75, 3.05) is 0 Å². The van der Waals surface area contributed by atoms with Crippen molar-refractivity contribution in [2.45, 2.75) is 112 Å². The maximum Gasteiger partial charge on any atom is -0.0297 e. The summed E-state index contributed by atoms with van der Waals surface area (Å²) in [7, 11) is 0. The number of hydrogen-bond donors (Lipinski definition) is 0. The minimum Gasteiger partial charge on any atom is -0.0654 e. The van der Waals surface area contributed by atoms with Gasteiger partial charge in [-0.05, 0) is 42.9 Å². The normalized spacial score (nSPS) is 15.3. The van der Waals surface area contributed by atoms with Gasteiger partial charge in [-0.25, -0.2) is 0 Å². The lowest BCUT2D eigenvalue weighted by molar-refractivity contribution is 0.163. The molecule has 0 aromatic rings. The van der Waals surface area contributed by atoms with Crippen LogP contribution in [0.1, 0.15) is 112 Å². The molecule has 0 heterocycles. The van der Waals surface area contributed by atoms with E-state index in [4.69, 9.17) is 0 Å². The Balaban J connectivity index is 4.55. The van der Waals surface area contributed by atoms with E-state index in [-0.39, 0.29) is 0 Å². The fourth-order valence-electron chi connectivity index (χ4n) is 3.76. The highest BCUT2D eigenvalue weighted by atomic mass is 14.3. The molecule has 0 rings (SSSR count). The zero-order chi connectivity index (χ0) is 15.4. The zero-order valence-corrected chi connectivity index (χ0v) is 15.4. The predicted molar refractivity (Wildman–Crippen MR) is 94.2 cm³/mol. The van der Waals surface area contributed by atoms with Gasteiger partial charge in [-0.1, -0.05) is 86.5 Å². The van der Waals surface area contributed by atoms with Crippen molar-refractivity contribution in [3.8, 4) is 0 Å². The lowest BCUT2D eigenvalue weighted by Gasteiger charge is -2.36. The molecule has 0 heteroatoms. The Hall–Kier alpha value is 0. The summed E-state index contributed by atoms with van der Waals surface area (Å²) in [4.78, 5) is 0. The van der Waals surface area contributed by atoms with Crippen molar-refractivity contribution in [1.82, 2.24) is 0 Å².